The number of alkyl halides is 10. The van der Waals surface area contributed by atoms with Crippen molar-refractivity contribution in [1.82, 2.24) is 0 Å². The molecule has 0 bridgehead atoms. The Morgan fingerprint density at radius 1 is 0.846 bits per heavy atom. The molecular weight excluding hydrogens is 390 g/mol. The van der Waals surface area contributed by atoms with E-state index in [0.717, 1.165) is 0 Å². The Morgan fingerprint density at radius 3 is 1.65 bits per heavy atom. The summed E-state index contributed by atoms with van der Waals surface area (Å²) in [6.45, 7) is 0.618. The summed E-state index contributed by atoms with van der Waals surface area (Å²) in [5.74, 6) is -23.1. The molecule has 0 rings (SSSR count). The van der Waals surface area contributed by atoms with Crippen LogP contribution in [0.25, 0.3) is 0 Å². The first-order valence-electron chi connectivity index (χ1n) is 7.45. The lowest BCUT2D eigenvalue weighted by atomic mass is 9.98. The molecule has 0 aromatic rings. The molecule has 0 N–H and O–H groups in total. The number of carbonyl (C=O) groups is 1. The quantitative estimate of drug-likeness (QED) is 0.331. The number of halogens is 10. The van der Waals surface area contributed by atoms with E-state index in [1.165, 1.54) is 13.8 Å². The summed E-state index contributed by atoms with van der Waals surface area (Å²) in [5.41, 5.74) is 0. The fourth-order valence-corrected chi connectivity index (χ4v) is 1.60. The molecule has 0 aliphatic carbocycles. The van der Waals surface area contributed by atoms with Gasteiger partial charge in [0.1, 0.15) is 0 Å². The maximum Gasteiger partial charge on any atom is 0.343 e. The highest BCUT2D eigenvalue weighted by atomic mass is 19.3. The van der Waals surface area contributed by atoms with Crippen molar-refractivity contribution < 1.29 is 53.4 Å². The zero-order chi connectivity index (χ0) is 21.0. The Morgan fingerprint density at radius 2 is 1.27 bits per heavy atom. The van der Waals surface area contributed by atoms with Crippen LogP contribution in [-0.4, -0.2) is 42.7 Å². The monoisotopic (exact) mass is 408 g/mol. The Hall–Kier alpha value is -1.23. The van der Waals surface area contributed by atoms with Gasteiger partial charge in [-0.05, 0) is 6.42 Å². The van der Waals surface area contributed by atoms with Crippen molar-refractivity contribution in [1.29, 1.82) is 0 Å². The molecule has 0 radical (unpaired) electrons. The summed E-state index contributed by atoms with van der Waals surface area (Å²) >= 11 is 0. The molecule has 0 aromatic heterocycles. The van der Waals surface area contributed by atoms with Crippen LogP contribution in [0.1, 0.15) is 39.5 Å². The van der Waals surface area contributed by atoms with Crippen LogP contribution < -0.4 is 0 Å². The van der Waals surface area contributed by atoms with E-state index in [1.807, 2.05) is 0 Å². The number of carbonyl (C=O) groups excluding carboxylic acids is 1. The van der Waals surface area contributed by atoms with E-state index in [2.05, 4.69) is 4.74 Å². The predicted molar refractivity (Wildman–Crippen MR) is 70.1 cm³/mol. The third kappa shape index (κ3) is 6.49. The van der Waals surface area contributed by atoms with Crippen LogP contribution in [0, 0.1) is 5.92 Å². The smallest absolute Gasteiger partial charge is 0.343 e. The maximum atomic E-state index is 13.4. The van der Waals surface area contributed by atoms with E-state index in [1.54, 1.807) is 0 Å². The van der Waals surface area contributed by atoms with Crippen LogP contribution >= 0.6 is 0 Å². The van der Waals surface area contributed by atoms with Crippen LogP contribution in [0.2, 0.25) is 0 Å². The van der Waals surface area contributed by atoms with Gasteiger partial charge in [-0.25, -0.2) is 8.78 Å². The molecule has 0 aliphatic rings. The van der Waals surface area contributed by atoms with Crippen LogP contribution in [0.4, 0.5) is 43.9 Å². The average molecular weight is 408 g/mol. The molecule has 0 saturated heterocycles. The number of esters is 1. The molecule has 26 heavy (non-hydrogen) atoms. The van der Waals surface area contributed by atoms with Crippen molar-refractivity contribution in [2.45, 2.75) is 69.6 Å². The second-order valence-corrected chi connectivity index (χ2v) is 5.83. The minimum Gasteiger partial charge on any atom is -0.459 e. The lowest BCUT2D eigenvalue weighted by molar-refractivity contribution is -0.258. The molecule has 0 amide bonds. The second kappa shape index (κ2) is 8.64. The van der Waals surface area contributed by atoms with Gasteiger partial charge in [0.2, 0.25) is 6.43 Å². The highest BCUT2D eigenvalue weighted by Crippen LogP contribution is 2.46. The molecule has 0 heterocycles. The lowest BCUT2D eigenvalue weighted by Crippen LogP contribution is -2.48. The van der Waals surface area contributed by atoms with E-state index >= 15 is 0 Å². The molecular formula is C14H18F10O2. The summed E-state index contributed by atoms with van der Waals surface area (Å²) in [5, 5.41) is 0. The van der Waals surface area contributed by atoms with E-state index in [9.17, 15) is 48.7 Å². The van der Waals surface area contributed by atoms with E-state index in [0.29, 0.717) is 0 Å². The SMILES string of the molecule is CCC(C)C(=O)OCC(F)(F)C(F)(F)CCC(F)(F)C(F)(F)CC(F)F. The van der Waals surface area contributed by atoms with Crippen molar-refractivity contribution >= 4 is 5.97 Å². The van der Waals surface area contributed by atoms with Gasteiger partial charge in [0.25, 0.3) is 0 Å². The van der Waals surface area contributed by atoms with Gasteiger partial charge >= 0.3 is 29.7 Å². The molecule has 12 heteroatoms. The van der Waals surface area contributed by atoms with Crippen LogP contribution in [-0.2, 0) is 9.53 Å². The molecule has 1 unspecified atom stereocenters. The Kier molecular flexibility index (Phi) is 8.23. The van der Waals surface area contributed by atoms with Crippen molar-refractivity contribution in [3.63, 3.8) is 0 Å². The Labute approximate surface area is 142 Å². The highest BCUT2D eigenvalue weighted by molar-refractivity contribution is 5.71. The summed E-state index contributed by atoms with van der Waals surface area (Å²) < 4.78 is 134. The van der Waals surface area contributed by atoms with Gasteiger partial charge in [0.05, 0.1) is 12.3 Å². The van der Waals surface area contributed by atoms with Crippen LogP contribution in [0.5, 0.6) is 0 Å². The number of rotatable bonds is 11. The molecule has 0 fully saturated rings. The Balaban J connectivity index is 4.96. The van der Waals surface area contributed by atoms with E-state index in [-0.39, 0.29) is 6.42 Å². The van der Waals surface area contributed by atoms with Gasteiger partial charge < -0.3 is 4.74 Å². The van der Waals surface area contributed by atoms with Crippen molar-refractivity contribution in [3.05, 3.63) is 0 Å². The van der Waals surface area contributed by atoms with Gasteiger partial charge in [-0.3, -0.25) is 4.79 Å². The van der Waals surface area contributed by atoms with Crippen LogP contribution in [0.3, 0.4) is 0 Å². The number of hydrogen-bond donors (Lipinski definition) is 0. The standard InChI is InChI=1S/C14H18F10O2/c1-3-8(2)10(25)26-7-14(23,24)12(19,20)5-4-11(17,18)13(21,22)6-9(15)16/h8-9H,3-7H2,1-2H3. The molecule has 0 spiro atoms. The van der Waals surface area contributed by atoms with Gasteiger partial charge in [-0.2, -0.15) is 35.1 Å². The maximum absolute atomic E-state index is 13.4. The summed E-state index contributed by atoms with van der Waals surface area (Å²) in [7, 11) is 0. The zero-order valence-electron chi connectivity index (χ0n) is 13.8. The normalized spacial score (nSPS) is 15.3. The molecule has 156 valence electrons. The molecule has 0 saturated carbocycles. The largest absolute Gasteiger partial charge is 0.459 e. The van der Waals surface area contributed by atoms with Crippen molar-refractivity contribution in [3.8, 4) is 0 Å². The minimum absolute atomic E-state index is 0.159. The second-order valence-electron chi connectivity index (χ2n) is 5.83. The highest BCUT2D eigenvalue weighted by Gasteiger charge is 2.62. The molecule has 0 aliphatic heterocycles. The fraction of sp³-hybridized carbons (Fsp3) is 0.929. The summed E-state index contributed by atoms with van der Waals surface area (Å²) in [6, 6.07) is 0. The zero-order valence-corrected chi connectivity index (χ0v) is 13.8. The lowest BCUT2D eigenvalue weighted by Gasteiger charge is -2.30. The summed E-state index contributed by atoms with van der Waals surface area (Å²) in [6.07, 6.45) is -11.2. The van der Waals surface area contributed by atoms with Crippen molar-refractivity contribution in [2.24, 2.45) is 5.92 Å². The molecule has 0 aromatic carbocycles. The molecule has 1 atom stereocenters. The fourth-order valence-electron chi connectivity index (χ4n) is 1.60. The Bertz CT molecular complexity index is 465. The van der Waals surface area contributed by atoms with Gasteiger partial charge in [0.15, 0.2) is 6.61 Å². The van der Waals surface area contributed by atoms with Gasteiger partial charge in [-0.1, -0.05) is 13.8 Å². The average Bonchev–Trinajstić information content (AvgIpc) is 2.48. The number of hydrogen-bond acceptors (Lipinski definition) is 2. The van der Waals surface area contributed by atoms with E-state index < -0.39 is 67.9 Å². The predicted octanol–water partition coefficient (Wildman–Crippen LogP) is 5.55. The minimum atomic E-state index is -5.35. The third-order valence-electron chi connectivity index (χ3n) is 3.64. The van der Waals surface area contributed by atoms with Crippen molar-refractivity contribution in [2.75, 3.05) is 6.61 Å². The third-order valence-corrected chi connectivity index (χ3v) is 3.64. The topological polar surface area (TPSA) is 26.3 Å². The first-order chi connectivity index (χ1) is 11.5. The summed E-state index contributed by atoms with van der Waals surface area (Å²) in [4.78, 5) is 11.2. The van der Waals surface area contributed by atoms with Crippen LogP contribution in [0.15, 0.2) is 0 Å². The first kappa shape index (κ1) is 24.8. The van der Waals surface area contributed by atoms with Gasteiger partial charge in [-0.15, -0.1) is 0 Å². The van der Waals surface area contributed by atoms with Gasteiger partial charge in [0, 0.05) is 12.8 Å². The first-order valence-corrected chi connectivity index (χ1v) is 7.45. The molecule has 2 nitrogen and oxygen atoms in total. The van der Waals surface area contributed by atoms with E-state index in [4.69, 9.17) is 0 Å². The number of ether oxygens (including phenoxy) is 1.